The highest BCUT2D eigenvalue weighted by Gasteiger charge is 2.19. The summed E-state index contributed by atoms with van der Waals surface area (Å²) in [6.07, 6.45) is 0.103. The molecule has 1 atom stereocenters. The van der Waals surface area contributed by atoms with Gasteiger partial charge in [0.25, 0.3) is 5.91 Å². The van der Waals surface area contributed by atoms with Crippen molar-refractivity contribution in [3.8, 4) is 5.75 Å². The molecule has 0 radical (unpaired) electrons. The van der Waals surface area contributed by atoms with Crippen molar-refractivity contribution in [1.29, 1.82) is 0 Å². The molecule has 1 amide bonds. The fourth-order valence-electron chi connectivity index (χ4n) is 1.92. The Kier molecular flexibility index (Phi) is 5.39. The number of hydrogen-bond acceptors (Lipinski definition) is 2. The van der Waals surface area contributed by atoms with Gasteiger partial charge in [-0.05, 0) is 49.2 Å². The van der Waals surface area contributed by atoms with Crippen LogP contribution in [0.1, 0.15) is 18.9 Å². The zero-order valence-electron chi connectivity index (χ0n) is 12.1. The van der Waals surface area contributed by atoms with Crippen molar-refractivity contribution >= 4 is 27.5 Å². The molecule has 1 unspecified atom stereocenters. The van der Waals surface area contributed by atoms with Gasteiger partial charge in [0, 0.05) is 10.2 Å². The second-order valence-electron chi connectivity index (χ2n) is 4.78. The van der Waals surface area contributed by atoms with Gasteiger partial charge in [0.15, 0.2) is 6.10 Å². The van der Waals surface area contributed by atoms with Crippen LogP contribution in [-0.2, 0) is 4.79 Å². The molecule has 0 aliphatic heterocycles. The Labute approximate surface area is 133 Å². The van der Waals surface area contributed by atoms with Crippen molar-refractivity contribution < 1.29 is 9.53 Å². The van der Waals surface area contributed by atoms with Gasteiger partial charge in [-0.2, -0.15) is 0 Å². The molecule has 0 aliphatic carbocycles. The number of nitrogens with one attached hydrogen (secondary N) is 1. The maximum absolute atomic E-state index is 12.3. The number of carbonyl (C=O) groups is 1. The van der Waals surface area contributed by atoms with Crippen molar-refractivity contribution in [2.75, 3.05) is 5.32 Å². The molecule has 0 fully saturated rings. The van der Waals surface area contributed by atoms with E-state index in [9.17, 15) is 4.79 Å². The number of hydrogen-bond donors (Lipinski definition) is 1. The second-order valence-corrected chi connectivity index (χ2v) is 5.69. The molecule has 0 heterocycles. The van der Waals surface area contributed by atoms with E-state index in [2.05, 4.69) is 21.2 Å². The number of anilines is 1. The van der Waals surface area contributed by atoms with Gasteiger partial charge in [0.2, 0.25) is 0 Å². The van der Waals surface area contributed by atoms with Gasteiger partial charge >= 0.3 is 0 Å². The van der Waals surface area contributed by atoms with Crippen molar-refractivity contribution in [1.82, 2.24) is 0 Å². The van der Waals surface area contributed by atoms with E-state index >= 15 is 0 Å². The molecule has 2 rings (SSSR count). The summed E-state index contributed by atoms with van der Waals surface area (Å²) >= 11 is 3.37. The van der Waals surface area contributed by atoms with E-state index in [-0.39, 0.29) is 5.91 Å². The van der Waals surface area contributed by atoms with Crippen molar-refractivity contribution in [2.24, 2.45) is 0 Å². The Morgan fingerprint density at radius 2 is 1.86 bits per heavy atom. The Hall–Kier alpha value is -1.81. The third-order valence-electron chi connectivity index (χ3n) is 3.14. The van der Waals surface area contributed by atoms with E-state index < -0.39 is 6.10 Å². The molecule has 2 aromatic carbocycles. The minimum atomic E-state index is -0.505. The Bertz CT molecular complexity index is 610. The van der Waals surface area contributed by atoms with Crippen LogP contribution in [0.25, 0.3) is 0 Å². The predicted octanol–water partition coefficient (Wildman–Crippen LogP) is 4.55. The highest BCUT2D eigenvalue weighted by molar-refractivity contribution is 9.10. The minimum absolute atomic E-state index is 0.136. The monoisotopic (exact) mass is 347 g/mol. The van der Waals surface area contributed by atoms with E-state index in [0.717, 1.165) is 21.5 Å². The van der Waals surface area contributed by atoms with Gasteiger partial charge in [-0.1, -0.05) is 41.1 Å². The van der Waals surface area contributed by atoms with E-state index in [1.807, 2.05) is 62.4 Å². The SMILES string of the molecule is CCC(Oc1ccccc1C)C(=O)Nc1ccc(Br)cc1. The number of benzene rings is 2. The van der Waals surface area contributed by atoms with E-state index in [0.29, 0.717) is 6.42 Å². The molecule has 0 saturated carbocycles. The van der Waals surface area contributed by atoms with Crippen molar-refractivity contribution in [3.05, 3.63) is 58.6 Å². The molecular formula is C17H18BrNO2. The number of carbonyl (C=O) groups excluding carboxylic acids is 1. The fraction of sp³-hybridized carbons (Fsp3) is 0.235. The van der Waals surface area contributed by atoms with Gasteiger partial charge < -0.3 is 10.1 Å². The quantitative estimate of drug-likeness (QED) is 0.861. The largest absolute Gasteiger partial charge is 0.480 e. The lowest BCUT2D eigenvalue weighted by Gasteiger charge is -2.18. The standard InChI is InChI=1S/C17H18BrNO2/c1-3-15(21-16-7-5-4-6-12(16)2)17(20)19-14-10-8-13(18)9-11-14/h4-11,15H,3H2,1-2H3,(H,19,20). The summed E-state index contributed by atoms with van der Waals surface area (Å²) in [5, 5.41) is 2.88. The molecule has 2 aromatic rings. The molecular weight excluding hydrogens is 330 g/mol. The maximum atomic E-state index is 12.3. The third kappa shape index (κ3) is 4.33. The lowest BCUT2D eigenvalue weighted by Crippen LogP contribution is -2.32. The first-order chi connectivity index (χ1) is 10.1. The molecule has 0 aliphatic rings. The highest BCUT2D eigenvalue weighted by atomic mass is 79.9. The number of rotatable bonds is 5. The molecule has 1 N–H and O–H groups in total. The van der Waals surface area contributed by atoms with Crippen LogP contribution in [0.4, 0.5) is 5.69 Å². The van der Waals surface area contributed by atoms with E-state index in [1.165, 1.54) is 0 Å². The Morgan fingerprint density at radius 3 is 2.48 bits per heavy atom. The molecule has 4 heteroatoms. The van der Waals surface area contributed by atoms with Crippen LogP contribution in [0.3, 0.4) is 0 Å². The zero-order chi connectivity index (χ0) is 15.2. The van der Waals surface area contributed by atoms with Crippen molar-refractivity contribution in [3.63, 3.8) is 0 Å². The summed E-state index contributed by atoms with van der Waals surface area (Å²) in [5.74, 6) is 0.610. The fourth-order valence-corrected chi connectivity index (χ4v) is 2.18. The molecule has 0 spiro atoms. The van der Waals surface area contributed by atoms with E-state index in [4.69, 9.17) is 4.74 Å². The molecule has 0 saturated heterocycles. The summed E-state index contributed by atoms with van der Waals surface area (Å²) in [6, 6.07) is 15.2. The summed E-state index contributed by atoms with van der Waals surface area (Å²) in [6.45, 7) is 3.90. The van der Waals surface area contributed by atoms with Gasteiger partial charge in [-0.3, -0.25) is 4.79 Å². The topological polar surface area (TPSA) is 38.3 Å². The summed E-state index contributed by atoms with van der Waals surface area (Å²) in [7, 11) is 0. The number of para-hydroxylation sites is 1. The van der Waals surface area contributed by atoms with Crippen LogP contribution in [0.2, 0.25) is 0 Å². The molecule has 0 bridgehead atoms. The van der Waals surface area contributed by atoms with Crippen LogP contribution in [-0.4, -0.2) is 12.0 Å². The average molecular weight is 348 g/mol. The third-order valence-corrected chi connectivity index (χ3v) is 3.67. The van der Waals surface area contributed by atoms with Crippen LogP contribution in [0.15, 0.2) is 53.0 Å². The first-order valence-electron chi connectivity index (χ1n) is 6.89. The average Bonchev–Trinajstić information content (AvgIpc) is 2.48. The van der Waals surface area contributed by atoms with Gasteiger partial charge in [0.1, 0.15) is 5.75 Å². The summed E-state index contributed by atoms with van der Waals surface area (Å²) < 4.78 is 6.81. The minimum Gasteiger partial charge on any atom is -0.480 e. The number of ether oxygens (including phenoxy) is 1. The van der Waals surface area contributed by atoms with Crippen LogP contribution in [0, 0.1) is 6.92 Å². The molecule has 0 aromatic heterocycles. The van der Waals surface area contributed by atoms with E-state index in [1.54, 1.807) is 0 Å². The highest BCUT2D eigenvalue weighted by Crippen LogP contribution is 2.20. The Morgan fingerprint density at radius 1 is 1.19 bits per heavy atom. The lowest BCUT2D eigenvalue weighted by molar-refractivity contribution is -0.122. The number of amides is 1. The predicted molar refractivity (Wildman–Crippen MR) is 88.7 cm³/mol. The first-order valence-corrected chi connectivity index (χ1v) is 7.68. The smallest absolute Gasteiger partial charge is 0.265 e. The molecule has 110 valence electrons. The maximum Gasteiger partial charge on any atom is 0.265 e. The lowest BCUT2D eigenvalue weighted by atomic mass is 10.2. The normalized spacial score (nSPS) is 11.8. The van der Waals surface area contributed by atoms with Crippen LogP contribution >= 0.6 is 15.9 Å². The molecule has 21 heavy (non-hydrogen) atoms. The zero-order valence-corrected chi connectivity index (χ0v) is 13.7. The van der Waals surface area contributed by atoms with Gasteiger partial charge in [-0.15, -0.1) is 0 Å². The Balaban J connectivity index is 2.05. The van der Waals surface area contributed by atoms with Crippen LogP contribution in [0.5, 0.6) is 5.75 Å². The van der Waals surface area contributed by atoms with Gasteiger partial charge in [-0.25, -0.2) is 0 Å². The number of aryl methyl sites for hydroxylation is 1. The number of halogens is 1. The molecule has 3 nitrogen and oxygen atoms in total. The van der Waals surface area contributed by atoms with Crippen molar-refractivity contribution in [2.45, 2.75) is 26.4 Å². The second kappa shape index (κ2) is 7.27. The van der Waals surface area contributed by atoms with Gasteiger partial charge in [0.05, 0.1) is 0 Å². The first kappa shape index (κ1) is 15.6. The summed E-state index contributed by atoms with van der Waals surface area (Å²) in [4.78, 5) is 12.3. The van der Waals surface area contributed by atoms with Crippen LogP contribution < -0.4 is 10.1 Å². The summed E-state index contributed by atoms with van der Waals surface area (Å²) in [5.41, 5.74) is 1.78.